The quantitative estimate of drug-likeness (QED) is 0.354. The van der Waals surface area contributed by atoms with Gasteiger partial charge in [-0.2, -0.15) is 0 Å². The average molecular weight is 535 g/mol. The number of nitrogens with one attached hydrogen (secondary N) is 2. The summed E-state index contributed by atoms with van der Waals surface area (Å²) in [6.07, 6.45) is -0.217. The molecule has 1 aromatic heterocycles. The zero-order valence-electron chi connectivity index (χ0n) is 23.7. The molecular formula is C30H38N4O5. The SMILES string of the molecule is COc1ccc([C@H](C(=O)NC(C)(C)C)N(C(=O)CCC(=O)Nc2cc(C)on2)c2ccc(C(C)C)cc2)cc1. The van der Waals surface area contributed by atoms with E-state index in [1.54, 1.807) is 44.4 Å². The van der Waals surface area contributed by atoms with Crippen molar-refractivity contribution in [3.05, 3.63) is 71.5 Å². The summed E-state index contributed by atoms with van der Waals surface area (Å²) in [5.74, 6) is 0.685. The van der Waals surface area contributed by atoms with E-state index in [1.165, 1.54) is 4.90 Å². The highest BCUT2D eigenvalue weighted by Crippen LogP contribution is 2.32. The third-order valence-electron chi connectivity index (χ3n) is 6.00. The van der Waals surface area contributed by atoms with Crippen molar-refractivity contribution in [3.63, 3.8) is 0 Å². The van der Waals surface area contributed by atoms with Crippen LogP contribution < -0.4 is 20.3 Å². The Labute approximate surface area is 229 Å². The van der Waals surface area contributed by atoms with Crippen molar-refractivity contribution in [2.75, 3.05) is 17.3 Å². The first kappa shape index (κ1) is 29.4. The zero-order chi connectivity index (χ0) is 28.7. The first-order valence-corrected chi connectivity index (χ1v) is 13.0. The number of carbonyl (C=O) groups is 3. The molecule has 2 aromatic carbocycles. The summed E-state index contributed by atoms with van der Waals surface area (Å²) in [5, 5.41) is 9.42. The van der Waals surface area contributed by atoms with Crippen LogP contribution in [0.1, 0.15) is 76.3 Å². The van der Waals surface area contributed by atoms with Crippen LogP contribution in [0.4, 0.5) is 11.5 Å². The molecule has 0 bridgehead atoms. The Bertz CT molecular complexity index is 1270. The highest BCUT2D eigenvalue weighted by atomic mass is 16.5. The molecule has 39 heavy (non-hydrogen) atoms. The van der Waals surface area contributed by atoms with Gasteiger partial charge in [-0.05, 0) is 69.0 Å². The van der Waals surface area contributed by atoms with Crippen LogP contribution in [0.15, 0.2) is 59.1 Å². The number of hydrogen-bond donors (Lipinski definition) is 2. The second-order valence-corrected chi connectivity index (χ2v) is 10.8. The lowest BCUT2D eigenvalue weighted by atomic mass is 9.98. The summed E-state index contributed by atoms with van der Waals surface area (Å²) < 4.78 is 10.3. The van der Waals surface area contributed by atoms with Gasteiger partial charge in [0.15, 0.2) is 5.82 Å². The van der Waals surface area contributed by atoms with Gasteiger partial charge in [-0.3, -0.25) is 19.3 Å². The Hall–Kier alpha value is -4.14. The van der Waals surface area contributed by atoms with Crippen LogP contribution in [-0.2, 0) is 14.4 Å². The fraction of sp³-hybridized carbons (Fsp3) is 0.400. The van der Waals surface area contributed by atoms with Crippen LogP contribution in [0.3, 0.4) is 0 Å². The molecule has 208 valence electrons. The maximum absolute atomic E-state index is 13.8. The standard InChI is InChI=1S/C30H38N4O5/c1-19(2)21-8-12-23(13-9-21)34(27(36)17-16-26(35)31-25-18-20(3)39-33-25)28(29(37)32-30(4,5)6)22-10-14-24(38-7)15-11-22/h8-15,18-19,28H,16-17H2,1-7H3,(H,32,37)(H,31,33,35)/t28-/m1/s1. The van der Waals surface area contributed by atoms with Gasteiger partial charge >= 0.3 is 0 Å². The number of rotatable bonds is 10. The predicted octanol–water partition coefficient (Wildman–Crippen LogP) is 5.52. The number of benzene rings is 2. The lowest BCUT2D eigenvalue weighted by molar-refractivity contribution is -0.128. The Kier molecular flexibility index (Phi) is 9.51. The minimum absolute atomic E-state index is 0.0957. The smallest absolute Gasteiger partial charge is 0.248 e. The molecule has 1 atom stereocenters. The largest absolute Gasteiger partial charge is 0.497 e. The first-order valence-electron chi connectivity index (χ1n) is 13.0. The van der Waals surface area contributed by atoms with Crippen LogP contribution >= 0.6 is 0 Å². The van der Waals surface area contributed by atoms with E-state index in [0.29, 0.717) is 28.7 Å². The van der Waals surface area contributed by atoms with Gasteiger partial charge < -0.3 is 19.9 Å². The van der Waals surface area contributed by atoms with Crippen LogP contribution in [0.25, 0.3) is 0 Å². The normalized spacial score (nSPS) is 12.1. The lowest BCUT2D eigenvalue weighted by Crippen LogP contribution is -2.49. The van der Waals surface area contributed by atoms with Gasteiger partial charge in [-0.15, -0.1) is 0 Å². The minimum atomic E-state index is -0.978. The summed E-state index contributed by atoms with van der Waals surface area (Å²) in [7, 11) is 1.57. The number of carbonyl (C=O) groups excluding carboxylic acids is 3. The van der Waals surface area contributed by atoms with Crippen LogP contribution in [0.2, 0.25) is 0 Å². The van der Waals surface area contributed by atoms with E-state index in [0.717, 1.165) is 5.56 Å². The number of amides is 3. The highest BCUT2D eigenvalue weighted by molar-refractivity contribution is 6.03. The highest BCUT2D eigenvalue weighted by Gasteiger charge is 2.34. The fourth-order valence-corrected chi connectivity index (χ4v) is 4.07. The summed E-state index contributed by atoms with van der Waals surface area (Å²) in [6, 6.07) is 15.3. The fourth-order valence-electron chi connectivity index (χ4n) is 4.07. The third kappa shape index (κ3) is 8.17. The van der Waals surface area contributed by atoms with Gasteiger partial charge in [0, 0.05) is 30.1 Å². The van der Waals surface area contributed by atoms with Crippen molar-refractivity contribution < 1.29 is 23.6 Å². The van der Waals surface area contributed by atoms with E-state index in [-0.39, 0.29) is 36.4 Å². The van der Waals surface area contributed by atoms with E-state index < -0.39 is 11.6 Å². The number of hydrogen-bond acceptors (Lipinski definition) is 6. The zero-order valence-corrected chi connectivity index (χ0v) is 23.7. The van der Waals surface area contributed by atoms with Gasteiger partial charge in [0.05, 0.1) is 7.11 Å². The minimum Gasteiger partial charge on any atom is -0.497 e. The van der Waals surface area contributed by atoms with Crippen molar-refractivity contribution >= 4 is 29.2 Å². The van der Waals surface area contributed by atoms with Crippen LogP contribution in [0, 0.1) is 6.92 Å². The molecule has 3 rings (SSSR count). The van der Waals surface area contributed by atoms with Crippen molar-refractivity contribution in [1.29, 1.82) is 0 Å². The molecule has 9 nitrogen and oxygen atoms in total. The molecule has 0 radical (unpaired) electrons. The number of methoxy groups -OCH3 is 1. The lowest BCUT2D eigenvalue weighted by Gasteiger charge is -2.34. The van der Waals surface area contributed by atoms with Crippen molar-refractivity contribution in [1.82, 2.24) is 10.5 Å². The van der Waals surface area contributed by atoms with Gasteiger partial charge in [0.2, 0.25) is 17.7 Å². The molecule has 9 heteroatoms. The van der Waals surface area contributed by atoms with Gasteiger partial charge in [-0.25, -0.2) is 0 Å². The number of aromatic nitrogens is 1. The summed E-state index contributed by atoms with van der Waals surface area (Å²) in [6.45, 7) is 11.5. The maximum Gasteiger partial charge on any atom is 0.248 e. The number of nitrogens with zero attached hydrogens (tertiary/aromatic N) is 2. The molecule has 2 N–H and O–H groups in total. The second-order valence-electron chi connectivity index (χ2n) is 10.8. The Balaban J connectivity index is 1.98. The molecule has 0 spiro atoms. The summed E-state index contributed by atoms with van der Waals surface area (Å²) in [4.78, 5) is 41.6. The first-order chi connectivity index (χ1) is 18.4. The molecule has 0 aliphatic rings. The van der Waals surface area contributed by atoms with E-state index in [9.17, 15) is 14.4 Å². The summed E-state index contributed by atoms with van der Waals surface area (Å²) in [5.41, 5.74) is 1.74. The molecular weight excluding hydrogens is 496 g/mol. The topological polar surface area (TPSA) is 114 Å². The molecule has 1 heterocycles. The Morgan fingerprint density at radius 3 is 2.10 bits per heavy atom. The number of aryl methyl sites for hydroxylation is 1. The second kappa shape index (κ2) is 12.6. The van der Waals surface area contributed by atoms with E-state index in [2.05, 4.69) is 29.6 Å². The van der Waals surface area contributed by atoms with E-state index in [4.69, 9.17) is 9.26 Å². The Morgan fingerprint density at radius 1 is 0.974 bits per heavy atom. The molecule has 0 saturated heterocycles. The number of anilines is 2. The van der Waals surface area contributed by atoms with E-state index in [1.807, 2.05) is 45.0 Å². The van der Waals surface area contributed by atoms with Crippen molar-refractivity contribution in [2.45, 2.75) is 71.9 Å². The molecule has 0 saturated carbocycles. The van der Waals surface area contributed by atoms with Crippen LogP contribution in [0.5, 0.6) is 5.75 Å². The monoisotopic (exact) mass is 534 g/mol. The molecule has 0 fully saturated rings. The van der Waals surface area contributed by atoms with Gasteiger partial charge in [0.25, 0.3) is 0 Å². The molecule has 3 amide bonds. The molecule has 3 aromatic rings. The number of ether oxygens (including phenoxy) is 1. The molecule has 0 aliphatic carbocycles. The van der Waals surface area contributed by atoms with Gasteiger partial charge in [-0.1, -0.05) is 43.3 Å². The molecule has 0 aliphatic heterocycles. The van der Waals surface area contributed by atoms with E-state index >= 15 is 0 Å². The molecule has 0 unspecified atom stereocenters. The maximum atomic E-state index is 13.8. The summed E-state index contributed by atoms with van der Waals surface area (Å²) >= 11 is 0. The average Bonchev–Trinajstić information content (AvgIpc) is 3.29. The Morgan fingerprint density at radius 2 is 1.59 bits per heavy atom. The van der Waals surface area contributed by atoms with Gasteiger partial charge in [0.1, 0.15) is 17.6 Å². The van der Waals surface area contributed by atoms with Crippen LogP contribution in [-0.4, -0.2) is 35.5 Å². The third-order valence-corrected chi connectivity index (χ3v) is 6.00. The van der Waals surface area contributed by atoms with Crippen molar-refractivity contribution in [3.8, 4) is 5.75 Å². The van der Waals surface area contributed by atoms with Crippen molar-refractivity contribution in [2.24, 2.45) is 0 Å². The predicted molar refractivity (Wildman–Crippen MR) is 151 cm³/mol.